The van der Waals surface area contributed by atoms with Gasteiger partial charge in [0, 0.05) is 4.47 Å². The minimum atomic E-state index is -1.45. The summed E-state index contributed by atoms with van der Waals surface area (Å²) in [4.78, 5) is 33.0. The van der Waals surface area contributed by atoms with Crippen molar-refractivity contribution in [3.63, 3.8) is 0 Å². The van der Waals surface area contributed by atoms with E-state index < -0.39 is 42.7 Å². The lowest BCUT2D eigenvalue weighted by molar-refractivity contribution is -0.143. The van der Waals surface area contributed by atoms with E-state index in [0.717, 1.165) is 6.07 Å². The quantitative estimate of drug-likeness (QED) is 0.649. The number of carbonyl (C=O) groups is 3. The molecule has 0 aliphatic carbocycles. The van der Waals surface area contributed by atoms with Crippen LogP contribution in [0.25, 0.3) is 0 Å². The van der Waals surface area contributed by atoms with Gasteiger partial charge in [0.2, 0.25) is 5.91 Å². The number of nitrogens with one attached hydrogen (secondary N) is 1. The lowest BCUT2D eigenvalue weighted by atomic mass is 10.2. The molecule has 0 bridgehead atoms. The molecule has 0 aliphatic heterocycles. The van der Waals surface area contributed by atoms with Gasteiger partial charge in [0.15, 0.2) is 18.2 Å². The predicted octanol–water partition coefficient (Wildman–Crippen LogP) is 0.412. The number of carbonyl (C=O) groups excluding carboxylic acids is 2. The molecule has 0 saturated carbocycles. The Morgan fingerprint density at radius 2 is 2.10 bits per heavy atom. The molecule has 114 valence electrons. The van der Waals surface area contributed by atoms with E-state index in [-0.39, 0.29) is 5.75 Å². The van der Waals surface area contributed by atoms with Crippen molar-refractivity contribution in [2.24, 2.45) is 5.73 Å². The zero-order valence-electron chi connectivity index (χ0n) is 10.6. The van der Waals surface area contributed by atoms with Crippen molar-refractivity contribution < 1.29 is 28.6 Å². The highest BCUT2D eigenvalue weighted by Gasteiger charge is 2.22. The molecule has 9 heteroatoms. The molecular formula is C12H12BrFN2O5. The fourth-order valence-electron chi connectivity index (χ4n) is 1.37. The molecule has 0 spiro atoms. The largest absolute Gasteiger partial charge is 0.481 e. The van der Waals surface area contributed by atoms with Crippen molar-refractivity contribution in [2.45, 2.75) is 12.5 Å². The summed E-state index contributed by atoms with van der Waals surface area (Å²) in [6.45, 7) is -0.596. The molecule has 7 nitrogen and oxygen atoms in total. The zero-order chi connectivity index (χ0) is 16.0. The molecule has 0 aliphatic rings. The van der Waals surface area contributed by atoms with Gasteiger partial charge < -0.3 is 20.9 Å². The molecule has 0 fully saturated rings. The maximum Gasteiger partial charge on any atom is 0.326 e. The summed E-state index contributed by atoms with van der Waals surface area (Å²) >= 11 is 3.06. The third-order valence-electron chi connectivity index (χ3n) is 2.29. The topological polar surface area (TPSA) is 119 Å². The Morgan fingerprint density at radius 3 is 2.62 bits per heavy atom. The normalized spacial score (nSPS) is 11.5. The van der Waals surface area contributed by atoms with Gasteiger partial charge in [-0.15, -0.1) is 0 Å². The van der Waals surface area contributed by atoms with Gasteiger partial charge in [-0.25, -0.2) is 9.18 Å². The van der Waals surface area contributed by atoms with Crippen LogP contribution in [0.2, 0.25) is 0 Å². The number of nitrogens with two attached hydrogens (primary N) is 1. The van der Waals surface area contributed by atoms with E-state index in [4.69, 9.17) is 15.6 Å². The maximum atomic E-state index is 13.4. The average molecular weight is 363 g/mol. The fraction of sp³-hybridized carbons (Fsp3) is 0.250. The standard InChI is InChI=1S/C12H12BrFN2O5/c13-6-1-2-9(7(14)3-6)21-5-11(18)16-8(12(19)20)4-10(15)17/h1-3,8H,4-5H2,(H2,15,17)(H,16,18)(H,19,20)/t8-/m1/s1. The van der Waals surface area contributed by atoms with Gasteiger partial charge in [0.05, 0.1) is 6.42 Å². The lowest BCUT2D eigenvalue weighted by Crippen LogP contribution is -2.45. The van der Waals surface area contributed by atoms with Crippen molar-refractivity contribution in [3.8, 4) is 5.75 Å². The Bertz CT molecular complexity index is 567. The van der Waals surface area contributed by atoms with Crippen molar-refractivity contribution in [3.05, 3.63) is 28.5 Å². The Kier molecular flexibility index (Phi) is 6.10. The van der Waals surface area contributed by atoms with Crippen molar-refractivity contribution in [1.82, 2.24) is 5.32 Å². The van der Waals surface area contributed by atoms with E-state index in [2.05, 4.69) is 21.2 Å². The van der Waals surface area contributed by atoms with E-state index in [0.29, 0.717) is 4.47 Å². The predicted molar refractivity (Wildman–Crippen MR) is 73.0 cm³/mol. The van der Waals surface area contributed by atoms with Crippen LogP contribution in [0, 0.1) is 5.82 Å². The second kappa shape index (κ2) is 7.58. The van der Waals surface area contributed by atoms with E-state index in [1.807, 2.05) is 0 Å². The van der Waals surface area contributed by atoms with Crippen molar-refractivity contribution in [1.29, 1.82) is 0 Å². The summed E-state index contributed by atoms with van der Waals surface area (Å²) in [6.07, 6.45) is -0.548. The van der Waals surface area contributed by atoms with Crippen LogP contribution < -0.4 is 15.8 Å². The number of rotatable bonds is 7. The first-order chi connectivity index (χ1) is 9.79. The second-order valence-corrected chi connectivity index (χ2v) is 4.91. The number of primary amides is 1. The molecule has 1 aromatic rings. The number of ether oxygens (including phenoxy) is 1. The fourth-order valence-corrected chi connectivity index (χ4v) is 1.71. The van der Waals surface area contributed by atoms with Crippen molar-refractivity contribution in [2.75, 3.05) is 6.61 Å². The Balaban J connectivity index is 2.56. The molecule has 0 radical (unpaired) electrons. The van der Waals surface area contributed by atoms with Gasteiger partial charge in [-0.1, -0.05) is 15.9 Å². The molecule has 2 amide bonds. The number of aliphatic carboxylic acids is 1. The van der Waals surface area contributed by atoms with Gasteiger partial charge in [0.1, 0.15) is 6.04 Å². The molecule has 1 atom stereocenters. The number of hydrogen-bond donors (Lipinski definition) is 3. The Morgan fingerprint density at radius 1 is 1.43 bits per heavy atom. The molecular weight excluding hydrogens is 351 g/mol. The lowest BCUT2D eigenvalue weighted by Gasteiger charge is -2.13. The van der Waals surface area contributed by atoms with Crippen LogP contribution >= 0.6 is 15.9 Å². The average Bonchev–Trinajstić information content (AvgIpc) is 2.36. The highest BCUT2D eigenvalue weighted by Crippen LogP contribution is 2.21. The summed E-state index contributed by atoms with van der Waals surface area (Å²) in [5, 5.41) is 10.9. The van der Waals surface area contributed by atoms with Crippen LogP contribution in [0.4, 0.5) is 4.39 Å². The number of amides is 2. The highest BCUT2D eigenvalue weighted by molar-refractivity contribution is 9.10. The van der Waals surface area contributed by atoms with Gasteiger partial charge in [-0.3, -0.25) is 9.59 Å². The minimum absolute atomic E-state index is 0.157. The van der Waals surface area contributed by atoms with Crippen LogP contribution in [0.1, 0.15) is 6.42 Å². The molecule has 0 saturated heterocycles. The molecule has 0 aromatic heterocycles. The first-order valence-corrected chi connectivity index (χ1v) is 6.47. The molecule has 1 rings (SSSR count). The van der Waals surface area contributed by atoms with E-state index in [9.17, 15) is 18.8 Å². The molecule has 1 aromatic carbocycles. The second-order valence-electron chi connectivity index (χ2n) is 3.99. The molecule has 4 N–H and O–H groups in total. The van der Waals surface area contributed by atoms with Gasteiger partial charge in [-0.05, 0) is 18.2 Å². The van der Waals surface area contributed by atoms with Crippen molar-refractivity contribution >= 4 is 33.7 Å². The van der Waals surface area contributed by atoms with Gasteiger partial charge in [-0.2, -0.15) is 0 Å². The number of carboxylic acid groups (broad SMARTS) is 1. The number of hydrogen-bond acceptors (Lipinski definition) is 4. The summed E-state index contributed by atoms with van der Waals surface area (Å²) in [7, 11) is 0. The molecule has 0 heterocycles. The van der Waals surface area contributed by atoms with Crippen LogP contribution in [0.3, 0.4) is 0 Å². The van der Waals surface area contributed by atoms with E-state index >= 15 is 0 Å². The van der Waals surface area contributed by atoms with E-state index in [1.54, 1.807) is 0 Å². The number of benzene rings is 1. The van der Waals surface area contributed by atoms with Gasteiger partial charge >= 0.3 is 5.97 Å². The Labute approximate surface area is 127 Å². The number of halogens is 2. The summed E-state index contributed by atoms with van der Waals surface area (Å²) in [5.74, 6) is -3.93. The molecule has 21 heavy (non-hydrogen) atoms. The minimum Gasteiger partial charge on any atom is -0.481 e. The highest BCUT2D eigenvalue weighted by atomic mass is 79.9. The monoisotopic (exact) mass is 362 g/mol. The van der Waals surface area contributed by atoms with Crippen LogP contribution in [-0.4, -0.2) is 35.5 Å². The summed E-state index contributed by atoms with van der Waals surface area (Å²) < 4.78 is 18.8. The number of carboxylic acids is 1. The maximum absolute atomic E-state index is 13.4. The van der Waals surface area contributed by atoms with Crippen LogP contribution in [-0.2, 0) is 14.4 Å². The first-order valence-electron chi connectivity index (χ1n) is 5.68. The summed E-state index contributed by atoms with van der Waals surface area (Å²) in [6, 6.07) is 2.53. The van der Waals surface area contributed by atoms with E-state index in [1.165, 1.54) is 12.1 Å². The van der Waals surface area contributed by atoms with Crippen LogP contribution in [0.15, 0.2) is 22.7 Å². The third kappa shape index (κ3) is 5.78. The first kappa shape index (κ1) is 16.9. The zero-order valence-corrected chi connectivity index (χ0v) is 12.2. The van der Waals surface area contributed by atoms with Gasteiger partial charge in [0.25, 0.3) is 5.91 Å². The smallest absolute Gasteiger partial charge is 0.326 e. The SMILES string of the molecule is NC(=O)C[C@@H](NC(=O)COc1ccc(Br)cc1F)C(=O)O. The summed E-state index contributed by atoms with van der Waals surface area (Å²) in [5.41, 5.74) is 4.87. The Hall–Kier alpha value is -2.16. The third-order valence-corrected chi connectivity index (χ3v) is 2.78. The molecule has 0 unspecified atom stereocenters. The van der Waals surface area contributed by atoms with Crippen LogP contribution in [0.5, 0.6) is 5.75 Å².